The van der Waals surface area contributed by atoms with Gasteiger partial charge in [0.05, 0.1) is 11.9 Å². The highest BCUT2D eigenvalue weighted by atomic mass is 16.5. The van der Waals surface area contributed by atoms with Crippen LogP contribution in [-0.4, -0.2) is 34.4 Å². The Labute approximate surface area is 152 Å². The number of carbonyl (C=O) groups is 1. The number of nitrogens with zero attached hydrogens (tertiary/aromatic N) is 3. The molecule has 0 bridgehead atoms. The van der Waals surface area contributed by atoms with Gasteiger partial charge in [-0.25, -0.2) is 4.79 Å². The van der Waals surface area contributed by atoms with Gasteiger partial charge in [-0.05, 0) is 37.3 Å². The third kappa shape index (κ3) is 4.57. The summed E-state index contributed by atoms with van der Waals surface area (Å²) in [6.45, 7) is 7.26. The van der Waals surface area contributed by atoms with Crippen LogP contribution in [0.4, 0.5) is 10.5 Å². The smallest absolute Gasteiger partial charge is 0.319 e. The molecule has 140 valence electrons. The molecule has 0 saturated carbocycles. The monoisotopic (exact) mass is 359 g/mol. The molecule has 1 saturated heterocycles. The van der Waals surface area contributed by atoms with Crippen LogP contribution in [0.5, 0.6) is 0 Å². The number of aryl methyl sites for hydroxylation is 1. The second kappa shape index (κ2) is 8.27. The van der Waals surface area contributed by atoms with Gasteiger partial charge in [0.25, 0.3) is 0 Å². The van der Waals surface area contributed by atoms with Crippen molar-refractivity contribution in [3.63, 3.8) is 0 Å². The molecule has 1 atom stereocenters. The standard InChI is InChI=1S/C18H25N5O3/c1-11(2)16-22-17(26-23-16)15(13-4-6-25-7-5-13)21-18(24)20-14-8-12(3)9-19-10-14/h8-11,13,15H,4-7H2,1-3H3,(H2,20,21,24). The maximum Gasteiger partial charge on any atom is 0.319 e. The maximum absolute atomic E-state index is 12.5. The zero-order valence-corrected chi connectivity index (χ0v) is 15.4. The second-order valence-corrected chi connectivity index (χ2v) is 6.92. The van der Waals surface area contributed by atoms with E-state index in [-0.39, 0.29) is 23.9 Å². The fraction of sp³-hybridized carbons (Fsp3) is 0.556. The van der Waals surface area contributed by atoms with Gasteiger partial charge in [0.2, 0.25) is 5.89 Å². The third-order valence-electron chi connectivity index (χ3n) is 4.40. The van der Waals surface area contributed by atoms with E-state index >= 15 is 0 Å². The van der Waals surface area contributed by atoms with Gasteiger partial charge >= 0.3 is 6.03 Å². The van der Waals surface area contributed by atoms with Crippen LogP contribution in [0.2, 0.25) is 0 Å². The van der Waals surface area contributed by atoms with Crippen LogP contribution in [0.25, 0.3) is 0 Å². The van der Waals surface area contributed by atoms with E-state index < -0.39 is 0 Å². The molecule has 8 heteroatoms. The zero-order valence-electron chi connectivity index (χ0n) is 15.4. The van der Waals surface area contributed by atoms with Gasteiger partial charge in [-0.2, -0.15) is 4.98 Å². The molecular weight excluding hydrogens is 334 g/mol. The van der Waals surface area contributed by atoms with Gasteiger partial charge in [-0.15, -0.1) is 0 Å². The van der Waals surface area contributed by atoms with Gasteiger partial charge in [0.15, 0.2) is 5.82 Å². The molecule has 1 fully saturated rings. The summed E-state index contributed by atoms with van der Waals surface area (Å²) in [5.74, 6) is 1.43. The van der Waals surface area contributed by atoms with Crippen molar-refractivity contribution in [3.05, 3.63) is 35.7 Å². The Morgan fingerprint density at radius 2 is 2.04 bits per heavy atom. The first-order valence-electron chi connectivity index (χ1n) is 8.93. The van der Waals surface area contributed by atoms with Crippen LogP contribution in [0, 0.1) is 12.8 Å². The molecule has 8 nitrogen and oxygen atoms in total. The summed E-state index contributed by atoms with van der Waals surface area (Å²) in [6.07, 6.45) is 5.01. The van der Waals surface area contributed by atoms with Crippen molar-refractivity contribution < 1.29 is 14.1 Å². The number of carbonyl (C=O) groups excluding carboxylic acids is 1. The fourth-order valence-corrected chi connectivity index (χ4v) is 2.97. The van der Waals surface area contributed by atoms with Gasteiger partial charge < -0.3 is 19.9 Å². The van der Waals surface area contributed by atoms with Crippen LogP contribution in [0.1, 0.15) is 55.9 Å². The Balaban J connectivity index is 1.75. The first-order valence-corrected chi connectivity index (χ1v) is 8.93. The largest absolute Gasteiger partial charge is 0.381 e. The van der Waals surface area contributed by atoms with E-state index in [0.29, 0.717) is 30.6 Å². The number of anilines is 1. The highest BCUT2D eigenvalue weighted by Gasteiger charge is 2.31. The Kier molecular flexibility index (Phi) is 5.82. The lowest BCUT2D eigenvalue weighted by Gasteiger charge is -2.28. The van der Waals surface area contributed by atoms with Crippen LogP contribution in [-0.2, 0) is 4.74 Å². The molecular formula is C18H25N5O3. The Morgan fingerprint density at radius 1 is 1.27 bits per heavy atom. The van der Waals surface area contributed by atoms with Crippen LogP contribution in [0.15, 0.2) is 23.0 Å². The molecule has 0 aliphatic carbocycles. The highest BCUT2D eigenvalue weighted by molar-refractivity contribution is 5.89. The molecule has 26 heavy (non-hydrogen) atoms. The highest BCUT2D eigenvalue weighted by Crippen LogP contribution is 2.30. The normalized spacial score (nSPS) is 16.5. The van der Waals surface area contributed by atoms with E-state index in [1.54, 1.807) is 12.4 Å². The van der Waals surface area contributed by atoms with E-state index in [0.717, 1.165) is 18.4 Å². The van der Waals surface area contributed by atoms with E-state index in [4.69, 9.17) is 9.26 Å². The molecule has 3 rings (SSSR count). The van der Waals surface area contributed by atoms with Gasteiger partial charge in [0.1, 0.15) is 6.04 Å². The predicted molar refractivity (Wildman–Crippen MR) is 95.8 cm³/mol. The second-order valence-electron chi connectivity index (χ2n) is 6.92. The maximum atomic E-state index is 12.5. The molecule has 2 aromatic heterocycles. The molecule has 1 aliphatic heterocycles. The number of hydrogen-bond donors (Lipinski definition) is 2. The quantitative estimate of drug-likeness (QED) is 0.850. The zero-order chi connectivity index (χ0) is 18.5. The van der Waals surface area contributed by atoms with E-state index in [1.165, 1.54) is 0 Å². The molecule has 3 heterocycles. The van der Waals surface area contributed by atoms with Crippen molar-refractivity contribution in [2.24, 2.45) is 5.92 Å². The summed E-state index contributed by atoms with van der Waals surface area (Å²) in [6, 6.07) is 1.19. The summed E-state index contributed by atoms with van der Waals surface area (Å²) in [4.78, 5) is 21.1. The summed E-state index contributed by atoms with van der Waals surface area (Å²) in [5, 5.41) is 9.85. The number of aromatic nitrogens is 3. The van der Waals surface area contributed by atoms with Crippen LogP contribution in [0.3, 0.4) is 0 Å². The fourth-order valence-electron chi connectivity index (χ4n) is 2.97. The first-order chi connectivity index (χ1) is 12.5. The van der Waals surface area contributed by atoms with Gasteiger partial charge in [-0.1, -0.05) is 19.0 Å². The van der Waals surface area contributed by atoms with Crippen molar-refractivity contribution in [2.75, 3.05) is 18.5 Å². The first kappa shape index (κ1) is 18.3. The molecule has 0 aromatic carbocycles. The molecule has 2 amide bonds. The molecule has 1 unspecified atom stereocenters. The summed E-state index contributed by atoms with van der Waals surface area (Å²) in [5.41, 5.74) is 1.61. The Hall–Kier alpha value is -2.48. The number of nitrogens with one attached hydrogen (secondary N) is 2. The van der Waals surface area contributed by atoms with Crippen LogP contribution >= 0.6 is 0 Å². The molecule has 2 N–H and O–H groups in total. The summed E-state index contributed by atoms with van der Waals surface area (Å²) < 4.78 is 10.9. The van der Waals surface area contributed by atoms with Crippen molar-refractivity contribution in [2.45, 2.75) is 45.6 Å². The molecule has 2 aromatic rings. The Bertz CT molecular complexity index is 740. The third-order valence-corrected chi connectivity index (χ3v) is 4.40. The lowest BCUT2D eigenvalue weighted by Crippen LogP contribution is -2.38. The minimum Gasteiger partial charge on any atom is -0.381 e. The minimum atomic E-state index is -0.350. The van der Waals surface area contributed by atoms with E-state index in [1.807, 2.05) is 26.8 Å². The predicted octanol–water partition coefficient (Wildman–Crippen LogP) is 3.19. The topological polar surface area (TPSA) is 102 Å². The van der Waals surface area contributed by atoms with Crippen molar-refractivity contribution >= 4 is 11.7 Å². The molecule has 0 spiro atoms. The molecule has 0 radical (unpaired) electrons. The van der Waals surface area contributed by atoms with E-state index in [2.05, 4.69) is 25.8 Å². The van der Waals surface area contributed by atoms with Crippen molar-refractivity contribution in [1.82, 2.24) is 20.4 Å². The average molecular weight is 359 g/mol. The Morgan fingerprint density at radius 3 is 2.69 bits per heavy atom. The van der Waals surface area contributed by atoms with E-state index in [9.17, 15) is 4.79 Å². The lowest BCUT2D eigenvalue weighted by molar-refractivity contribution is 0.0506. The number of pyridine rings is 1. The number of amides is 2. The van der Waals surface area contributed by atoms with Gasteiger partial charge in [0, 0.05) is 25.3 Å². The number of urea groups is 1. The minimum absolute atomic E-state index is 0.162. The van der Waals surface area contributed by atoms with Crippen LogP contribution < -0.4 is 10.6 Å². The average Bonchev–Trinajstić information content (AvgIpc) is 3.10. The number of ether oxygens (including phenoxy) is 1. The molecule has 1 aliphatic rings. The van der Waals surface area contributed by atoms with Gasteiger partial charge in [-0.3, -0.25) is 4.98 Å². The number of rotatable bonds is 5. The lowest BCUT2D eigenvalue weighted by atomic mass is 9.91. The van der Waals surface area contributed by atoms with Crippen molar-refractivity contribution in [3.8, 4) is 0 Å². The SMILES string of the molecule is Cc1cncc(NC(=O)NC(c2nc(C(C)C)no2)C2CCOCC2)c1. The number of hydrogen-bond acceptors (Lipinski definition) is 6. The van der Waals surface area contributed by atoms with Crippen molar-refractivity contribution in [1.29, 1.82) is 0 Å². The summed E-state index contributed by atoms with van der Waals surface area (Å²) >= 11 is 0. The summed E-state index contributed by atoms with van der Waals surface area (Å²) in [7, 11) is 0.